The van der Waals surface area contributed by atoms with Crippen LogP contribution in [0.4, 0.5) is 0 Å². The van der Waals surface area contributed by atoms with Crippen molar-refractivity contribution in [3.05, 3.63) is 12.7 Å². The van der Waals surface area contributed by atoms with E-state index in [0.29, 0.717) is 0 Å². The predicted molar refractivity (Wildman–Crippen MR) is 53.5 cm³/mol. The van der Waals surface area contributed by atoms with E-state index in [-0.39, 0.29) is 12.2 Å². The van der Waals surface area contributed by atoms with Gasteiger partial charge < -0.3 is 5.11 Å². The molecule has 5 nitrogen and oxygen atoms in total. The number of carboxylic acid groups (broad SMARTS) is 1. The monoisotopic (exact) mass is 221 g/mol. The number of sulfonamides is 1. The summed E-state index contributed by atoms with van der Waals surface area (Å²) in [4.78, 5) is 10.8. The van der Waals surface area contributed by atoms with E-state index >= 15 is 0 Å². The molecule has 82 valence electrons. The molecule has 0 saturated carbocycles. The van der Waals surface area contributed by atoms with Crippen molar-refractivity contribution in [2.24, 2.45) is 0 Å². The van der Waals surface area contributed by atoms with Gasteiger partial charge in [-0.05, 0) is 13.3 Å². The van der Waals surface area contributed by atoms with Crippen LogP contribution in [-0.2, 0) is 14.8 Å². The fraction of sp³-hybridized carbons (Fsp3) is 0.625. The zero-order valence-corrected chi connectivity index (χ0v) is 9.10. The van der Waals surface area contributed by atoms with E-state index in [1.165, 1.54) is 13.0 Å². The summed E-state index contributed by atoms with van der Waals surface area (Å²) < 4.78 is 24.6. The summed E-state index contributed by atoms with van der Waals surface area (Å²) in [5.41, 5.74) is -1.44. The second-order valence-corrected chi connectivity index (χ2v) is 4.93. The largest absolute Gasteiger partial charge is 0.480 e. The van der Waals surface area contributed by atoms with Gasteiger partial charge in [0.05, 0.1) is 5.75 Å². The number of hydrogen-bond acceptors (Lipinski definition) is 3. The third-order valence-corrected chi connectivity index (χ3v) is 3.33. The quantitative estimate of drug-likeness (QED) is 0.634. The highest BCUT2D eigenvalue weighted by molar-refractivity contribution is 7.89. The van der Waals surface area contributed by atoms with Gasteiger partial charge in [0, 0.05) is 0 Å². The summed E-state index contributed by atoms with van der Waals surface area (Å²) in [7, 11) is -3.60. The first-order chi connectivity index (χ1) is 6.27. The molecule has 0 bridgehead atoms. The Kier molecular flexibility index (Phi) is 4.28. The highest BCUT2D eigenvalue weighted by Gasteiger charge is 2.34. The molecule has 0 spiro atoms. The zero-order chi connectivity index (χ0) is 11.4. The molecule has 0 rings (SSSR count). The Labute approximate surface area is 83.9 Å². The smallest absolute Gasteiger partial charge is 0.324 e. The summed E-state index contributed by atoms with van der Waals surface area (Å²) in [6.45, 7) is 6.21. The number of nitrogens with one attached hydrogen (secondary N) is 1. The molecule has 0 fully saturated rings. The van der Waals surface area contributed by atoms with Gasteiger partial charge in [0.2, 0.25) is 10.0 Å². The van der Waals surface area contributed by atoms with Crippen molar-refractivity contribution in [3.8, 4) is 0 Å². The lowest BCUT2D eigenvalue weighted by molar-refractivity contribution is -0.143. The molecule has 0 heterocycles. The normalized spacial score (nSPS) is 15.9. The summed E-state index contributed by atoms with van der Waals surface area (Å²) in [6, 6.07) is 0. The van der Waals surface area contributed by atoms with Crippen molar-refractivity contribution in [3.63, 3.8) is 0 Å². The van der Waals surface area contributed by atoms with Crippen molar-refractivity contribution in [1.82, 2.24) is 4.72 Å². The summed E-state index contributed by atoms with van der Waals surface area (Å²) in [5.74, 6) is -1.47. The van der Waals surface area contributed by atoms with E-state index in [1.807, 2.05) is 0 Å². The van der Waals surface area contributed by atoms with Gasteiger partial charge in [-0.1, -0.05) is 13.0 Å². The van der Waals surface area contributed by atoms with E-state index in [9.17, 15) is 13.2 Å². The molecule has 2 N–H and O–H groups in total. The van der Waals surface area contributed by atoms with Gasteiger partial charge in [0.15, 0.2) is 0 Å². The lowest BCUT2D eigenvalue weighted by Gasteiger charge is -2.23. The van der Waals surface area contributed by atoms with Crippen LogP contribution in [0.2, 0.25) is 0 Å². The molecule has 0 aliphatic rings. The van der Waals surface area contributed by atoms with Crippen molar-refractivity contribution in [1.29, 1.82) is 0 Å². The number of carboxylic acids is 1. The molecule has 0 aromatic carbocycles. The molecule has 1 atom stereocenters. The molecule has 0 amide bonds. The van der Waals surface area contributed by atoms with E-state index in [0.717, 1.165) is 0 Å². The average Bonchev–Trinajstić information content (AvgIpc) is 2.02. The number of hydrogen-bond donors (Lipinski definition) is 2. The molecule has 0 saturated heterocycles. The standard InChI is InChI=1S/C8H15NO4S/c1-4-6-14(12,13)9-8(3,5-2)7(10)11/h4,9H,1,5-6H2,2-3H3,(H,10,11). The minimum Gasteiger partial charge on any atom is -0.480 e. The van der Waals surface area contributed by atoms with E-state index in [4.69, 9.17) is 5.11 Å². The van der Waals surface area contributed by atoms with Crippen LogP contribution in [-0.4, -0.2) is 30.8 Å². The maximum Gasteiger partial charge on any atom is 0.324 e. The second kappa shape index (κ2) is 4.56. The van der Waals surface area contributed by atoms with E-state index in [2.05, 4.69) is 11.3 Å². The van der Waals surface area contributed by atoms with Crippen LogP contribution in [0.1, 0.15) is 20.3 Å². The fourth-order valence-corrected chi connectivity index (χ4v) is 2.12. The van der Waals surface area contributed by atoms with Crippen LogP contribution >= 0.6 is 0 Å². The Balaban J connectivity index is 4.79. The Morgan fingerprint density at radius 1 is 1.64 bits per heavy atom. The Morgan fingerprint density at radius 3 is 2.43 bits per heavy atom. The Hall–Kier alpha value is -0.880. The van der Waals surface area contributed by atoms with Crippen molar-refractivity contribution in [2.45, 2.75) is 25.8 Å². The number of aliphatic carboxylic acids is 1. The van der Waals surface area contributed by atoms with E-state index < -0.39 is 21.5 Å². The van der Waals surface area contributed by atoms with Crippen LogP contribution in [0.5, 0.6) is 0 Å². The fourth-order valence-electron chi connectivity index (χ4n) is 0.807. The molecule has 0 aromatic heterocycles. The molecular formula is C8H15NO4S. The van der Waals surface area contributed by atoms with Crippen LogP contribution in [0.3, 0.4) is 0 Å². The topological polar surface area (TPSA) is 83.5 Å². The molecule has 14 heavy (non-hydrogen) atoms. The van der Waals surface area contributed by atoms with Gasteiger partial charge in [0.25, 0.3) is 0 Å². The maximum atomic E-state index is 11.3. The summed E-state index contributed by atoms with van der Waals surface area (Å²) in [6.07, 6.45) is 1.39. The number of rotatable bonds is 6. The van der Waals surface area contributed by atoms with Crippen LogP contribution in [0.15, 0.2) is 12.7 Å². The van der Waals surface area contributed by atoms with E-state index in [1.54, 1.807) is 6.92 Å². The predicted octanol–water partition coefficient (Wildman–Crippen LogP) is 0.345. The minimum absolute atomic E-state index is 0.179. The maximum absolute atomic E-state index is 11.3. The molecule has 1 unspecified atom stereocenters. The lowest BCUT2D eigenvalue weighted by Crippen LogP contribution is -2.52. The molecule has 0 aliphatic carbocycles. The SMILES string of the molecule is C=CCS(=O)(=O)NC(C)(CC)C(=O)O. The van der Waals surface area contributed by atoms with Gasteiger partial charge >= 0.3 is 5.97 Å². The average molecular weight is 221 g/mol. The van der Waals surface area contributed by atoms with Gasteiger partial charge in [-0.3, -0.25) is 4.79 Å². The Bertz CT molecular complexity index is 322. The van der Waals surface area contributed by atoms with Gasteiger partial charge in [-0.2, -0.15) is 4.72 Å². The third-order valence-electron chi connectivity index (χ3n) is 1.90. The molecule has 0 radical (unpaired) electrons. The van der Waals surface area contributed by atoms with Crippen molar-refractivity contribution >= 4 is 16.0 Å². The first-order valence-electron chi connectivity index (χ1n) is 4.13. The van der Waals surface area contributed by atoms with Crippen LogP contribution in [0, 0.1) is 0 Å². The summed E-state index contributed by atoms with van der Waals surface area (Å²) >= 11 is 0. The van der Waals surface area contributed by atoms with Gasteiger partial charge in [0.1, 0.15) is 5.54 Å². The molecular weight excluding hydrogens is 206 g/mol. The molecule has 6 heteroatoms. The van der Waals surface area contributed by atoms with Gasteiger partial charge in [-0.15, -0.1) is 6.58 Å². The highest BCUT2D eigenvalue weighted by atomic mass is 32.2. The van der Waals surface area contributed by atoms with Gasteiger partial charge in [-0.25, -0.2) is 8.42 Å². The highest BCUT2D eigenvalue weighted by Crippen LogP contribution is 2.11. The van der Waals surface area contributed by atoms with Crippen molar-refractivity contribution < 1.29 is 18.3 Å². The van der Waals surface area contributed by atoms with Crippen LogP contribution in [0.25, 0.3) is 0 Å². The first-order valence-corrected chi connectivity index (χ1v) is 5.78. The first kappa shape index (κ1) is 13.1. The zero-order valence-electron chi connectivity index (χ0n) is 8.28. The van der Waals surface area contributed by atoms with Crippen molar-refractivity contribution in [2.75, 3.05) is 5.75 Å². The third kappa shape index (κ3) is 3.47. The molecule has 0 aliphatic heterocycles. The Morgan fingerprint density at radius 2 is 2.14 bits per heavy atom. The number of carbonyl (C=O) groups is 1. The molecule has 0 aromatic rings. The minimum atomic E-state index is -3.60. The lowest BCUT2D eigenvalue weighted by atomic mass is 10.0. The second-order valence-electron chi connectivity index (χ2n) is 3.16. The van der Waals surface area contributed by atoms with Crippen LogP contribution < -0.4 is 4.72 Å². The summed E-state index contributed by atoms with van der Waals surface area (Å²) in [5, 5.41) is 8.81.